The van der Waals surface area contributed by atoms with Crippen LogP contribution < -0.4 is 5.32 Å². The molecule has 0 amide bonds. The molecule has 0 aliphatic heterocycles. The second kappa shape index (κ2) is 6.74. The second-order valence-electron chi connectivity index (χ2n) is 4.43. The monoisotopic (exact) mass is 237 g/mol. The molecule has 0 saturated heterocycles. The zero-order valence-corrected chi connectivity index (χ0v) is 11.4. The van der Waals surface area contributed by atoms with Gasteiger partial charge in [0.15, 0.2) is 6.29 Å². The van der Waals surface area contributed by atoms with E-state index in [1.54, 1.807) is 14.2 Å². The van der Waals surface area contributed by atoms with Crippen molar-refractivity contribution in [1.82, 2.24) is 5.32 Å². The second-order valence-corrected chi connectivity index (χ2v) is 4.43. The van der Waals surface area contributed by atoms with Crippen LogP contribution in [0.15, 0.2) is 18.2 Å². The van der Waals surface area contributed by atoms with Gasteiger partial charge in [-0.15, -0.1) is 0 Å². The van der Waals surface area contributed by atoms with Crippen LogP contribution in [0.1, 0.15) is 23.6 Å². The van der Waals surface area contributed by atoms with Crippen LogP contribution in [0.5, 0.6) is 0 Å². The van der Waals surface area contributed by atoms with E-state index in [9.17, 15) is 0 Å². The largest absolute Gasteiger partial charge is 0.354 e. The molecule has 1 aromatic rings. The first-order chi connectivity index (χ1) is 8.08. The Hall–Kier alpha value is -0.900. The molecule has 0 radical (unpaired) electrons. The van der Waals surface area contributed by atoms with E-state index in [4.69, 9.17) is 9.47 Å². The Bertz CT molecular complexity index is 348. The Morgan fingerprint density at radius 3 is 2.29 bits per heavy atom. The zero-order chi connectivity index (χ0) is 12.8. The molecule has 1 aromatic carbocycles. The van der Waals surface area contributed by atoms with Crippen LogP contribution in [0.4, 0.5) is 0 Å². The predicted octanol–water partition coefficient (Wildman–Crippen LogP) is 2.40. The molecule has 3 heteroatoms. The van der Waals surface area contributed by atoms with Crippen molar-refractivity contribution in [3.63, 3.8) is 0 Å². The standard InChI is InChI=1S/C14H23NO2/c1-10-6-7-13(8-11(10)2)9-15-12(3)14(16-4)17-5/h6-8,12,14-15H,9H2,1-5H3. The number of hydrogen-bond acceptors (Lipinski definition) is 3. The van der Waals surface area contributed by atoms with Gasteiger partial charge in [0, 0.05) is 20.8 Å². The summed E-state index contributed by atoms with van der Waals surface area (Å²) in [6.45, 7) is 7.14. The summed E-state index contributed by atoms with van der Waals surface area (Å²) in [5, 5.41) is 3.40. The third-order valence-electron chi connectivity index (χ3n) is 3.07. The molecule has 1 rings (SSSR count). The van der Waals surface area contributed by atoms with E-state index in [-0.39, 0.29) is 12.3 Å². The number of benzene rings is 1. The van der Waals surface area contributed by atoms with E-state index < -0.39 is 0 Å². The lowest BCUT2D eigenvalue weighted by atomic mass is 10.1. The average molecular weight is 237 g/mol. The highest BCUT2D eigenvalue weighted by Gasteiger charge is 2.14. The molecule has 0 saturated carbocycles. The van der Waals surface area contributed by atoms with Gasteiger partial charge in [0.25, 0.3) is 0 Å². The van der Waals surface area contributed by atoms with Gasteiger partial charge in [-0.2, -0.15) is 0 Å². The van der Waals surface area contributed by atoms with Crippen LogP contribution in [0.2, 0.25) is 0 Å². The highest BCUT2D eigenvalue weighted by Crippen LogP contribution is 2.10. The van der Waals surface area contributed by atoms with Gasteiger partial charge in [-0.1, -0.05) is 18.2 Å². The zero-order valence-electron chi connectivity index (χ0n) is 11.4. The van der Waals surface area contributed by atoms with Crippen molar-refractivity contribution >= 4 is 0 Å². The van der Waals surface area contributed by atoms with E-state index in [0.29, 0.717) is 0 Å². The molecule has 0 bridgehead atoms. The highest BCUT2D eigenvalue weighted by atomic mass is 16.7. The minimum Gasteiger partial charge on any atom is -0.354 e. The van der Waals surface area contributed by atoms with Crippen LogP contribution in [-0.4, -0.2) is 26.6 Å². The molecule has 17 heavy (non-hydrogen) atoms. The third kappa shape index (κ3) is 4.11. The van der Waals surface area contributed by atoms with Crippen LogP contribution in [0, 0.1) is 13.8 Å². The van der Waals surface area contributed by atoms with Gasteiger partial charge in [-0.25, -0.2) is 0 Å². The molecule has 0 spiro atoms. The number of aryl methyl sites for hydroxylation is 2. The summed E-state index contributed by atoms with van der Waals surface area (Å²) in [5.74, 6) is 0. The van der Waals surface area contributed by atoms with Crippen LogP contribution in [-0.2, 0) is 16.0 Å². The SMILES string of the molecule is COC(OC)C(C)NCc1ccc(C)c(C)c1. The van der Waals surface area contributed by atoms with Gasteiger partial charge >= 0.3 is 0 Å². The lowest BCUT2D eigenvalue weighted by Gasteiger charge is -2.22. The summed E-state index contributed by atoms with van der Waals surface area (Å²) in [7, 11) is 3.31. The minimum absolute atomic E-state index is 0.159. The summed E-state index contributed by atoms with van der Waals surface area (Å²) in [4.78, 5) is 0. The fourth-order valence-electron chi connectivity index (χ4n) is 1.79. The smallest absolute Gasteiger partial charge is 0.171 e. The lowest BCUT2D eigenvalue weighted by Crippen LogP contribution is -2.39. The molecule has 1 unspecified atom stereocenters. The molecular weight excluding hydrogens is 214 g/mol. The quantitative estimate of drug-likeness (QED) is 0.771. The highest BCUT2D eigenvalue weighted by molar-refractivity contribution is 5.29. The first-order valence-corrected chi connectivity index (χ1v) is 5.93. The number of methoxy groups -OCH3 is 2. The van der Waals surface area contributed by atoms with Crippen LogP contribution in [0.3, 0.4) is 0 Å². The minimum atomic E-state index is -0.207. The summed E-state index contributed by atoms with van der Waals surface area (Å²) >= 11 is 0. The van der Waals surface area contributed by atoms with Gasteiger partial charge in [-0.3, -0.25) is 0 Å². The van der Waals surface area contributed by atoms with Crippen molar-refractivity contribution in [2.24, 2.45) is 0 Å². The van der Waals surface area contributed by atoms with Gasteiger partial charge in [0.05, 0.1) is 6.04 Å². The van der Waals surface area contributed by atoms with E-state index in [0.717, 1.165) is 6.54 Å². The van der Waals surface area contributed by atoms with Gasteiger partial charge in [-0.05, 0) is 37.5 Å². The molecule has 96 valence electrons. The van der Waals surface area contributed by atoms with Crippen molar-refractivity contribution in [3.05, 3.63) is 34.9 Å². The summed E-state index contributed by atoms with van der Waals surface area (Å²) in [6, 6.07) is 6.67. The summed E-state index contributed by atoms with van der Waals surface area (Å²) in [6.07, 6.45) is -0.207. The molecule has 0 aromatic heterocycles. The van der Waals surface area contributed by atoms with Crippen molar-refractivity contribution in [2.75, 3.05) is 14.2 Å². The Labute approximate surface area is 104 Å². The van der Waals surface area contributed by atoms with E-state index >= 15 is 0 Å². The first-order valence-electron chi connectivity index (χ1n) is 5.93. The van der Waals surface area contributed by atoms with E-state index in [2.05, 4.69) is 44.3 Å². The van der Waals surface area contributed by atoms with Crippen molar-refractivity contribution < 1.29 is 9.47 Å². The first kappa shape index (κ1) is 14.2. The third-order valence-corrected chi connectivity index (χ3v) is 3.07. The Kier molecular flexibility index (Phi) is 5.62. The molecule has 1 N–H and O–H groups in total. The molecular formula is C14H23NO2. The molecule has 0 fully saturated rings. The van der Waals surface area contributed by atoms with Crippen molar-refractivity contribution in [3.8, 4) is 0 Å². The van der Waals surface area contributed by atoms with Gasteiger partial charge < -0.3 is 14.8 Å². The van der Waals surface area contributed by atoms with Gasteiger partial charge in [0.2, 0.25) is 0 Å². The number of rotatable bonds is 6. The fraction of sp³-hybridized carbons (Fsp3) is 0.571. The fourth-order valence-corrected chi connectivity index (χ4v) is 1.79. The maximum absolute atomic E-state index is 5.21. The number of ether oxygens (including phenoxy) is 2. The lowest BCUT2D eigenvalue weighted by molar-refractivity contribution is -0.119. The maximum Gasteiger partial charge on any atom is 0.171 e. The molecule has 0 heterocycles. The Morgan fingerprint density at radius 2 is 1.76 bits per heavy atom. The van der Waals surface area contributed by atoms with E-state index in [1.165, 1.54) is 16.7 Å². The number of nitrogens with one attached hydrogen (secondary N) is 1. The summed E-state index contributed by atoms with van der Waals surface area (Å²) in [5.41, 5.74) is 3.94. The normalized spacial score (nSPS) is 13.1. The summed E-state index contributed by atoms with van der Waals surface area (Å²) < 4.78 is 10.4. The van der Waals surface area contributed by atoms with E-state index in [1.807, 2.05) is 0 Å². The molecule has 3 nitrogen and oxygen atoms in total. The Morgan fingerprint density at radius 1 is 1.12 bits per heavy atom. The van der Waals surface area contributed by atoms with Crippen LogP contribution in [0.25, 0.3) is 0 Å². The van der Waals surface area contributed by atoms with Crippen LogP contribution >= 0.6 is 0 Å². The predicted molar refractivity (Wildman–Crippen MR) is 70.0 cm³/mol. The Balaban J connectivity index is 2.52. The molecule has 0 aliphatic rings. The molecule has 0 aliphatic carbocycles. The average Bonchev–Trinajstić information content (AvgIpc) is 2.32. The van der Waals surface area contributed by atoms with Crippen molar-refractivity contribution in [1.29, 1.82) is 0 Å². The molecule has 1 atom stereocenters. The number of hydrogen-bond donors (Lipinski definition) is 1. The maximum atomic E-state index is 5.21. The topological polar surface area (TPSA) is 30.5 Å². The van der Waals surface area contributed by atoms with Gasteiger partial charge in [0.1, 0.15) is 0 Å². The van der Waals surface area contributed by atoms with Crippen molar-refractivity contribution in [2.45, 2.75) is 39.6 Å².